The summed E-state index contributed by atoms with van der Waals surface area (Å²) in [5.41, 5.74) is 1.11. The van der Waals surface area contributed by atoms with Gasteiger partial charge in [0.25, 0.3) is 0 Å². The van der Waals surface area contributed by atoms with Crippen LogP contribution in [0.4, 0.5) is 0 Å². The van der Waals surface area contributed by atoms with Crippen LogP contribution in [0.3, 0.4) is 0 Å². The summed E-state index contributed by atoms with van der Waals surface area (Å²) in [5.74, 6) is 1.81. The Morgan fingerprint density at radius 2 is 2.00 bits per heavy atom. The quantitative estimate of drug-likeness (QED) is 0.647. The van der Waals surface area contributed by atoms with Crippen molar-refractivity contribution in [1.29, 1.82) is 0 Å². The lowest BCUT2D eigenvalue weighted by Gasteiger charge is -2.24. The molecule has 2 rings (SSSR count). The van der Waals surface area contributed by atoms with Gasteiger partial charge in [-0.15, -0.1) is 0 Å². The van der Waals surface area contributed by atoms with E-state index in [1.165, 1.54) is 32.1 Å². The molecule has 1 fully saturated rings. The van der Waals surface area contributed by atoms with Crippen molar-refractivity contribution < 1.29 is 4.74 Å². The molecular formula is C17H27N3O. The van der Waals surface area contributed by atoms with E-state index in [0.29, 0.717) is 12.6 Å². The fourth-order valence-corrected chi connectivity index (χ4v) is 2.76. The molecule has 4 heteroatoms. The minimum atomic E-state index is 0.564. The highest BCUT2D eigenvalue weighted by molar-refractivity contribution is 5.80. The SMILES string of the molecule is CCNC(=NCc1ccccc1OC)NC1CCCCC1. The molecule has 1 aromatic carbocycles. The molecule has 0 bridgehead atoms. The van der Waals surface area contributed by atoms with Gasteiger partial charge >= 0.3 is 0 Å². The highest BCUT2D eigenvalue weighted by Gasteiger charge is 2.14. The first-order chi connectivity index (χ1) is 10.3. The monoisotopic (exact) mass is 289 g/mol. The number of nitrogens with one attached hydrogen (secondary N) is 2. The average Bonchev–Trinajstić information content (AvgIpc) is 2.54. The van der Waals surface area contributed by atoms with Crippen LogP contribution in [0.5, 0.6) is 5.75 Å². The number of nitrogens with zero attached hydrogens (tertiary/aromatic N) is 1. The van der Waals surface area contributed by atoms with E-state index in [9.17, 15) is 0 Å². The number of guanidine groups is 1. The Kier molecular flexibility index (Phi) is 6.38. The molecule has 0 spiro atoms. The molecule has 21 heavy (non-hydrogen) atoms. The van der Waals surface area contributed by atoms with E-state index in [0.717, 1.165) is 23.8 Å². The Morgan fingerprint density at radius 3 is 2.71 bits per heavy atom. The average molecular weight is 289 g/mol. The van der Waals surface area contributed by atoms with Gasteiger partial charge in [0, 0.05) is 18.2 Å². The largest absolute Gasteiger partial charge is 0.496 e. The molecule has 0 saturated heterocycles. The van der Waals surface area contributed by atoms with E-state index < -0.39 is 0 Å². The van der Waals surface area contributed by atoms with E-state index in [1.54, 1.807) is 7.11 Å². The molecule has 1 saturated carbocycles. The van der Waals surface area contributed by atoms with Crippen LogP contribution in [0.2, 0.25) is 0 Å². The molecule has 0 aliphatic heterocycles. The number of rotatable bonds is 5. The van der Waals surface area contributed by atoms with Crippen molar-refractivity contribution in [3.8, 4) is 5.75 Å². The predicted molar refractivity (Wildman–Crippen MR) is 87.8 cm³/mol. The van der Waals surface area contributed by atoms with Crippen molar-refractivity contribution in [2.45, 2.75) is 51.6 Å². The smallest absolute Gasteiger partial charge is 0.191 e. The molecule has 1 aliphatic carbocycles. The topological polar surface area (TPSA) is 45.7 Å². The predicted octanol–water partition coefficient (Wildman–Crippen LogP) is 3.08. The van der Waals surface area contributed by atoms with Gasteiger partial charge in [0.1, 0.15) is 5.75 Å². The summed E-state index contributed by atoms with van der Waals surface area (Å²) in [6.45, 7) is 3.61. The molecule has 2 N–H and O–H groups in total. The fourth-order valence-electron chi connectivity index (χ4n) is 2.76. The number of benzene rings is 1. The highest BCUT2D eigenvalue weighted by atomic mass is 16.5. The summed E-state index contributed by atoms with van der Waals surface area (Å²) in [6, 6.07) is 8.61. The van der Waals surface area contributed by atoms with Gasteiger partial charge in [-0.3, -0.25) is 0 Å². The van der Waals surface area contributed by atoms with Gasteiger partial charge in [0.15, 0.2) is 5.96 Å². The minimum Gasteiger partial charge on any atom is -0.496 e. The molecule has 4 nitrogen and oxygen atoms in total. The first-order valence-electron chi connectivity index (χ1n) is 8.00. The fraction of sp³-hybridized carbons (Fsp3) is 0.588. The van der Waals surface area contributed by atoms with E-state index in [4.69, 9.17) is 9.73 Å². The van der Waals surface area contributed by atoms with E-state index in [1.807, 2.05) is 18.2 Å². The van der Waals surface area contributed by atoms with Gasteiger partial charge in [0.2, 0.25) is 0 Å². The Morgan fingerprint density at radius 1 is 1.24 bits per heavy atom. The lowest BCUT2D eigenvalue weighted by Crippen LogP contribution is -2.44. The summed E-state index contributed by atoms with van der Waals surface area (Å²) in [7, 11) is 1.70. The Labute approximate surface area is 128 Å². The molecule has 0 unspecified atom stereocenters. The van der Waals surface area contributed by atoms with E-state index in [2.05, 4.69) is 23.6 Å². The minimum absolute atomic E-state index is 0.564. The van der Waals surface area contributed by atoms with Crippen LogP contribution in [0.25, 0.3) is 0 Å². The van der Waals surface area contributed by atoms with Crippen molar-refractivity contribution in [2.75, 3.05) is 13.7 Å². The third-order valence-electron chi connectivity index (χ3n) is 3.89. The summed E-state index contributed by atoms with van der Waals surface area (Å²) >= 11 is 0. The molecule has 1 aliphatic rings. The van der Waals surface area contributed by atoms with Crippen molar-refractivity contribution in [3.63, 3.8) is 0 Å². The summed E-state index contributed by atoms with van der Waals surface area (Å²) in [6.07, 6.45) is 6.51. The van der Waals surface area contributed by atoms with Crippen LogP contribution >= 0.6 is 0 Å². The van der Waals surface area contributed by atoms with Crippen LogP contribution in [-0.2, 0) is 6.54 Å². The van der Waals surface area contributed by atoms with Gasteiger partial charge < -0.3 is 15.4 Å². The second-order valence-corrected chi connectivity index (χ2v) is 5.49. The highest BCUT2D eigenvalue weighted by Crippen LogP contribution is 2.19. The van der Waals surface area contributed by atoms with E-state index >= 15 is 0 Å². The van der Waals surface area contributed by atoms with Gasteiger partial charge in [-0.05, 0) is 25.8 Å². The third-order valence-corrected chi connectivity index (χ3v) is 3.89. The number of methoxy groups -OCH3 is 1. The molecular weight excluding hydrogens is 262 g/mol. The second kappa shape index (κ2) is 8.55. The molecule has 1 aromatic rings. The van der Waals surface area contributed by atoms with Gasteiger partial charge in [-0.25, -0.2) is 4.99 Å². The zero-order valence-corrected chi connectivity index (χ0v) is 13.2. The van der Waals surface area contributed by atoms with Crippen molar-refractivity contribution in [1.82, 2.24) is 10.6 Å². The van der Waals surface area contributed by atoms with Crippen LogP contribution in [0.15, 0.2) is 29.3 Å². The number of hydrogen-bond donors (Lipinski definition) is 2. The third kappa shape index (κ3) is 4.96. The Hall–Kier alpha value is -1.71. The van der Waals surface area contributed by atoms with Crippen LogP contribution in [0, 0.1) is 0 Å². The van der Waals surface area contributed by atoms with Crippen LogP contribution in [0.1, 0.15) is 44.6 Å². The number of aliphatic imine (C=N–C) groups is 1. The van der Waals surface area contributed by atoms with Crippen molar-refractivity contribution in [3.05, 3.63) is 29.8 Å². The zero-order chi connectivity index (χ0) is 14.9. The standard InChI is InChI=1S/C17H27N3O/c1-3-18-17(20-15-10-5-4-6-11-15)19-13-14-9-7-8-12-16(14)21-2/h7-9,12,15H,3-6,10-11,13H2,1-2H3,(H2,18,19,20). The van der Waals surface area contributed by atoms with E-state index in [-0.39, 0.29) is 0 Å². The van der Waals surface area contributed by atoms with Crippen molar-refractivity contribution >= 4 is 5.96 Å². The van der Waals surface area contributed by atoms with Gasteiger partial charge in [-0.1, -0.05) is 37.5 Å². The first kappa shape index (κ1) is 15.7. The first-order valence-corrected chi connectivity index (χ1v) is 8.00. The number of para-hydroxylation sites is 1. The maximum Gasteiger partial charge on any atom is 0.191 e. The summed E-state index contributed by atoms with van der Waals surface area (Å²) < 4.78 is 5.38. The Balaban J connectivity index is 1.99. The molecule has 0 heterocycles. The van der Waals surface area contributed by atoms with Gasteiger partial charge in [-0.2, -0.15) is 0 Å². The van der Waals surface area contributed by atoms with Crippen LogP contribution < -0.4 is 15.4 Å². The lowest BCUT2D eigenvalue weighted by atomic mass is 9.96. The molecule has 0 amide bonds. The molecule has 0 radical (unpaired) electrons. The summed E-state index contributed by atoms with van der Waals surface area (Å²) in [4.78, 5) is 4.70. The summed E-state index contributed by atoms with van der Waals surface area (Å²) in [5, 5.41) is 6.90. The van der Waals surface area contributed by atoms with Crippen LogP contribution in [-0.4, -0.2) is 25.7 Å². The molecule has 0 aromatic heterocycles. The normalized spacial score (nSPS) is 16.6. The number of hydrogen-bond acceptors (Lipinski definition) is 2. The lowest BCUT2D eigenvalue weighted by molar-refractivity contribution is 0.408. The van der Waals surface area contributed by atoms with Gasteiger partial charge in [0.05, 0.1) is 13.7 Å². The number of ether oxygens (including phenoxy) is 1. The molecule has 0 atom stereocenters. The molecule has 116 valence electrons. The maximum absolute atomic E-state index is 5.38. The Bertz CT molecular complexity index is 453. The maximum atomic E-state index is 5.38. The van der Waals surface area contributed by atoms with Crippen molar-refractivity contribution in [2.24, 2.45) is 4.99 Å². The second-order valence-electron chi connectivity index (χ2n) is 5.49. The zero-order valence-electron chi connectivity index (χ0n) is 13.2.